The van der Waals surface area contributed by atoms with Gasteiger partial charge in [0.15, 0.2) is 5.78 Å². The number of dihydropyridines is 1. The Balaban J connectivity index is 1.53. The van der Waals surface area contributed by atoms with Gasteiger partial charge in [-0.15, -0.1) is 22.7 Å². The van der Waals surface area contributed by atoms with Crippen molar-refractivity contribution in [3.05, 3.63) is 66.8 Å². The summed E-state index contributed by atoms with van der Waals surface area (Å²) in [4.78, 5) is 30.3. The van der Waals surface area contributed by atoms with Gasteiger partial charge in [-0.25, -0.2) is 4.79 Å². The van der Waals surface area contributed by atoms with Crippen LogP contribution in [0.1, 0.15) is 71.9 Å². The number of rotatable bonds is 4. The van der Waals surface area contributed by atoms with Crippen LogP contribution in [0.4, 0.5) is 0 Å². The van der Waals surface area contributed by atoms with E-state index in [1.807, 2.05) is 13.0 Å². The lowest BCUT2D eigenvalue weighted by atomic mass is 9.74. The SMILES string of the molecule is CC1=C(C(=O)OC2CCCC2)C(c2ccc(C)s2)C2=C(CC(c3cccs3)CC2=O)N1. The van der Waals surface area contributed by atoms with E-state index < -0.39 is 0 Å². The summed E-state index contributed by atoms with van der Waals surface area (Å²) in [6.07, 6.45) is 5.38. The molecule has 2 aliphatic carbocycles. The summed E-state index contributed by atoms with van der Waals surface area (Å²) in [7, 11) is 0. The van der Waals surface area contributed by atoms with Crippen LogP contribution in [0.3, 0.4) is 0 Å². The van der Waals surface area contributed by atoms with E-state index in [1.165, 1.54) is 9.75 Å². The smallest absolute Gasteiger partial charge is 0.337 e. The molecule has 0 amide bonds. The van der Waals surface area contributed by atoms with Gasteiger partial charge in [0.1, 0.15) is 6.10 Å². The molecule has 5 rings (SSSR count). The Hall–Kier alpha value is -2.18. The summed E-state index contributed by atoms with van der Waals surface area (Å²) in [5.41, 5.74) is 3.16. The van der Waals surface area contributed by atoms with Crippen molar-refractivity contribution in [2.75, 3.05) is 0 Å². The second-order valence-electron chi connectivity index (χ2n) is 8.79. The van der Waals surface area contributed by atoms with Gasteiger partial charge >= 0.3 is 5.97 Å². The van der Waals surface area contributed by atoms with Crippen LogP contribution in [-0.2, 0) is 14.3 Å². The number of ether oxygens (including phenoxy) is 1. The molecule has 0 aromatic carbocycles. The van der Waals surface area contributed by atoms with Crippen LogP contribution < -0.4 is 5.32 Å². The number of nitrogens with one attached hydrogen (secondary N) is 1. The third-order valence-electron chi connectivity index (χ3n) is 6.61. The second kappa shape index (κ2) is 8.40. The van der Waals surface area contributed by atoms with Crippen molar-refractivity contribution in [1.82, 2.24) is 5.32 Å². The normalized spacial score (nSPS) is 24.4. The monoisotopic (exact) mass is 453 g/mol. The number of esters is 1. The van der Waals surface area contributed by atoms with Crippen LogP contribution in [0.15, 0.2) is 52.2 Å². The van der Waals surface area contributed by atoms with Gasteiger partial charge < -0.3 is 10.1 Å². The highest BCUT2D eigenvalue weighted by molar-refractivity contribution is 7.12. The van der Waals surface area contributed by atoms with E-state index in [4.69, 9.17) is 4.74 Å². The number of aryl methyl sites for hydroxylation is 1. The maximum absolute atomic E-state index is 13.5. The van der Waals surface area contributed by atoms with Crippen molar-refractivity contribution in [3.63, 3.8) is 0 Å². The molecule has 1 saturated carbocycles. The highest BCUT2D eigenvalue weighted by Crippen LogP contribution is 2.47. The van der Waals surface area contributed by atoms with Crippen LogP contribution in [0.5, 0.6) is 0 Å². The van der Waals surface area contributed by atoms with Crippen molar-refractivity contribution >= 4 is 34.4 Å². The molecule has 6 heteroatoms. The molecule has 0 spiro atoms. The van der Waals surface area contributed by atoms with Crippen LogP contribution in [0.25, 0.3) is 0 Å². The molecular formula is C25H27NO3S2. The van der Waals surface area contributed by atoms with Gasteiger partial charge in [0.05, 0.1) is 11.5 Å². The average molecular weight is 454 g/mol. The van der Waals surface area contributed by atoms with E-state index >= 15 is 0 Å². The molecule has 2 unspecified atom stereocenters. The van der Waals surface area contributed by atoms with Gasteiger partial charge in [-0.05, 0) is 69.5 Å². The van der Waals surface area contributed by atoms with E-state index in [0.29, 0.717) is 12.0 Å². The maximum Gasteiger partial charge on any atom is 0.337 e. The van der Waals surface area contributed by atoms with Crippen LogP contribution >= 0.6 is 22.7 Å². The second-order valence-corrected chi connectivity index (χ2v) is 11.1. The number of thiophene rings is 2. The number of Topliss-reactive ketones (excluding diaryl/α,β-unsaturated/α-hetero) is 1. The minimum atomic E-state index is -0.333. The Morgan fingerprint density at radius 1 is 1.10 bits per heavy atom. The van der Waals surface area contributed by atoms with Crippen molar-refractivity contribution in [2.24, 2.45) is 0 Å². The third kappa shape index (κ3) is 3.92. The number of ketones is 1. The third-order valence-corrected chi connectivity index (χ3v) is 8.71. The Kier molecular flexibility index (Phi) is 5.61. The molecule has 2 atom stereocenters. The molecule has 31 heavy (non-hydrogen) atoms. The Bertz CT molecular complexity index is 1070. The van der Waals surface area contributed by atoms with Crippen LogP contribution in [-0.4, -0.2) is 17.9 Å². The molecular weight excluding hydrogens is 426 g/mol. The number of carbonyl (C=O) groups is 2. The first-order chi connectivity index (χ1) is 15.0. The summed E-state index contributed by atoms with van der Waals surface area (Å²) in [6.45, 7) is 4.01. The Morgan fingerprint density at radius 3 is 2.58 bits per heavy atom. The lowest BCUT2D eigenvalue weighted by Crippen LogP contribution is -2.36. The lowest BCUT2D eigenvalue weighted by Gasteiger charge is -2.36. The summed E-state index contributed by atoms with van der Waals surface area (Å²) in [5, 5.41) is 5.52. The molecule has 2 aromatic heterocycles. The highest BCUT2D eigenvalue weighted by Gasteiger charge is 2.42. The van der Waals surface area contributed by atoms with E-state index in [2.05, 4.69) is 35.8 Å². The van der Waals surface area contributed by atoms with Crippen molar-refractivity contribution in [2.45, 2.75) is 70.3 Å². The molecule has 162 valence electrons. The predicted octanol–water partition coefficient (Wildman–Crippen LogP) is 5.97. The molecule has 1 fully saturated rings. The first-order valence-corrected chi connectivity index (χ1v) is 12.8. The maximum atomic E-state index is 13.5. The number of carbonyl (C=O) groups excluding carboxylic acids is 2. The minimum Gasteiger partial charge on any atom is -0.459 e. The lowest BCUT2D eigenvalue weighted by molar-refractivity contribution is -0.144. The molecule has 0 radical (unpaired) electrons. The fourth-order valence-corrected chi connectivity index (χ4v) is 6.98. The van der Waals surface area contributed by atoms with Crippen molar-refractivity contribution in [1.29, 1.82) is 0 Å². The average Bonchev–Trinajstić information content (AvgIpc) is 3.49. The van der Waals surface area contributed by atoms with Gasteiger partial charge in [0.25, 0.3) is 0 Å². The molecule has 3 aliphatic rings. The summed E-state index contributed by atoms with van der Waals surface area (Å²) in [5.74, 6) is -0.264. The molecule has 1 N–H and O–H groups in total. The topological polar surface area (TPSA) is 55.4 Å². The zero-order chi connectivity index (χ0) is 21.5. The quantitative estimate of drug-likeness (QED) is 0.580. The van der Waals surface area contributed by atoms with Crippen LogP contribution in [0, 0.1) is 6.92 Å². The van der Waals surface area contributed by atoms with E-state index in [1.54, 1.807) is 22.7 Å². The summed E-state index contributed by atoms with van der Waals surface area (Å²) < 4.78 is 5.91. The highest BCUT2D eigenvalue weighted by atomic mass is 32.1. The first kappa shape index (κ1) is 20.7. The molecule has 0 saturated heterocycles. The zero-order valence-corrected chi connectivity index (χ0v) is 19.5. The van der Waals surface area contributed by atoms with E-state index in [0.717, 1.165) is 53.9 Å². The largest absolute Gasteiger partial charge is 0.459 e. The minimum absolute atomic E-state index is 0.000773. The van der Waals surface area contributed by atoms with Crippen molar-refractivity contribution in [3.8, 4) is 0 Å². The van der Waals surface area contributed by atoms with Crippen molar-refractivity contribution < 1.29 is 14.3 Å². The first-order valence-electron chi connectivity index (χ1n) is 11.1. The molecule has 2 aromatic rings. The Labute approximate surface area is 191 Å². The molecule has 3 heterocycles. The van der Waals surface area contributed by atoms with Gasteiger partial charge in [0, 0.05) is 43.9 Å². The standard InChI is InChI=1S/C25H27NO3S2/c1-14-9-10-21(31-14)24-22(25(28)29-17-6-3-4-7-17)15(2)26-18-12-16(13-19(27)23(18)24)20-8-5-11-30-20/h5,8-11,16-17,24,26H,3-4,6-7,12-13H2,1-2H3. The number of hydrogen-bond acceptors (Lipinski definition) is 6. The van der Waals surface area contributed by atoms with Gasteiger partial charge in [0.2, 0.25) is 0 Å². The zero-order valence-electron chi connectivity index (χ0n) is 17.9. The molecule has 0 bridgehead atoms. The van der Waals surface area contributed by atoms with Gasteiger partial charge in [-0.1, -0.05) is 6.07 Å². The van der Waals surface area contributed by atoms with E-state index in [-0.39, 0.29) is 29.7 Å². The summed E-state index contributed by atoms with van der Waals surface area (Å²) in [6, 6.07) is 8.29. The van der Waals surface area contributed by atoms with E-state index in [9.17, 15) is 9.59 Å². The van der Waals surface area contributed by atoms with Gasteiger partial charge in [-0.2, -0.15) is 0 Å². The summed E-state index contributed by atoms with van der Waals surface area (Å²) >= 11 is 3.37. The number of hydrogen-bond donors (Lipinski definition) is 1. The number of allylic oxidation sites excluding steroid dienone is 3. The fraction of sp³-hybridized carbons (Fsp3) is 0.440. The Morgan fingerprint density at radius 2 is 1.90 bits per heavy atom. The molecule has 4 nitrogen and oxygen atoms in total. The predicted molar refractivity (Wildman–Crippen MR) is 124 cm³/mol. The van der Waals surface area contributed by atoms with Gasteiger partial charge in [-0.3, -0.25) is 4.79 Å². The molecule has 1 aliphatic heterocycles. The van der Waals surface area contributed by atoms with Crippen LogP contribution in [0.2, 0.25) is 0 Å². The fourth-order valence-electron chi connectivity index (χ4n) is 5.15.